The van der Waals surface area contributed by atoms with E-state index in [-0.39, 0.29) is 12.6 Å². The van der Waals surface area contributed by atoms with Crippen LogP contribution >= 0.6 is 0 Å². The van der Waals surface area contributed by atoms with Gasteiger partial charge in [-0.05, 0) is 11.1 Å². The summed E-state index contributed by atoms with van der Waals surface area (Å²) < 4.78 is 7.54. The molecule has 0 bridgehead atoms. The van der Waals surface area contributed by atoms with Crippen molar-refractivity contribution in [1.29, 1.82) is 0 Å². The van der Waals surface area contributed by atoms with E-state index >= 15 is 0 Å². The SMILES string of the molecule is C[n+]1ccc(COC(=O)C(c2ccccc2)c2ccccc2)cc1. The third-order valence-electron chi connectivity index (χ3n) is 3.93. The number of rotatable bonds is 5. The predicted molar refractivity (Wildman–Crippen MR) is 92.1 cm³/mol. The molecular weight excluding hydrogens is 298 g/mol. The molecule has 0 amide bonds. The normalized spacial score (nSPS) is 10.6. The summed E-state index contributed by atoms with van der Waals surface area (Å²) in [7, 11) is 1.95. The van der Waals surface area contributed by atoms with Crippen molar-refractivity contribution in [3.63, 3.8) is 0 Å². The number of carbonyl (C=O) groups is 1. The van der Waals surface area contributed by atoms with Crippen LogP contribution in [0.5, 0.6) is 0 Å². The van der Waals surface area contributed by atoms with Crippen LogP contribution in [0.4, 0.5) is 0 Å². The Kier molecular flexibility index (Phi) is 5.02. The lowest BCUT2D eigenvalue weighted by Crippen LogP contribution is -2.26. The number of aryl methyl sites for hydroxylation is 1. The lowest BCUT2D eigenvalue weighted by molar-refractivity contribution is -0.671. The van der Waals surface area contributed by atoms with Gasteiger partial charge < -0.3 is 4.74 Å². The fourth-order valence-electron chi connectivity index (χ4n) is 2.62. The van der Waals surface area contributed by atoms with Crippen LogP contribution in [-0.4, -0.2) is 5.97 Å². The lowest BCUT2D eigenvalue weighted by atomic mass is 9.91. The molecule has 24 heavy (non-hydrogen) atoms. The lowest BCUT2D eigenvalue weighted by Gasteiger charge is -2.17. The maximum absolute atomic E-state index is 12.8. The molecule has 3 rings (SSSR count). The minimum Gasteiger partial charge on any atom is -0.460 e. The number of benzene rings is 2. The van der Waals surface area contributed by atoms with Gasteiger partial charge in [-0.15, -0.1) is 0 Å². The summed E-state index contributed by atoms with van der Waals surface area (Å²) in [5, 5.41) is 0. The van der Waals surface area contributed by atoms with E-state index in [1.807, 2.05) is 96.8 Å². The zero-order valence-corrected chi connectivity index (χ0v) is 13.6. The van der Waals surface area contributed by atoms with Gasteiger partial charge in [-0.1, -0.05) is 60.7 Å². The number of aromatic nitrogens is 1. The van der Waals surface area contributed by atoms with E-state index in [0.29, 0.717) is 0 Å². The third kappa shape index (κ3) is 3.87. The van der Waals surface area contributed by atoms with Crippen LogP contribution < -0.4 is 4.57 Å². The van der Waals surface area contributed by atoms with Crippen LogP contribution in [-0.2, 0) is 23.2 Å². The van der Waals surface area contributed by atoms with Crippen LogP contribution in [0.15, 0.2) is 85.2 Å². The molecule has 1 aromatic heterocycles. The highest BCUT2D eigenvalue weighted by Crippen LogP contribution is 2.26. The summed E-state index contributed by atoms with van der Waals surface area (Å²) in [5.74, 6) is -0.646. The van der Waals surface area contributed by atoms with Crippen molar-refractivity contribution in [2.24, 2.45) is 7.05 Å². The highest BCUT2D eigenvalue weighted by Gasteiger charge is 2.24. The van der Waals surface area contributed by atoms with Gasteiger partial charge in [-0.2, -0.15) is 0 Å². The summed E-state index contributed by atoms with van der Waals surface area (Å²) >= 11 is 0. The van der Waals surface area contributed by atoms with Crippen molar-refractivity contribution in [2.75, 3.05) is 0 Å². The fraction of sp³-hybridized carbons (Fsp3) is 0.143. The number of esters is 1. The number of ether oxygens (including phenoxy) is 1. The first-order valence-electron chi connectivity index (χ1n) is 7.95. The maximum atomic E-state index is 12.8. The van der Waals surface area contributed by atoms with E-state index in [1.54, 1.807) is 0 Å². The summed E-state index contributed by atoms with van der Waals surface area (Å²) in [4.78, 5) is 12.8. The Labute approximate surface area is 142 Å². The molecule has 0 unspecified atom stereocenters. The van der Waals surface area contributed by atoms with E-state index in [1.165, 1.54) is 0 Å². The van der Waals surface area contributed by atoms with Gasteiger partial charge in [-0.3, -0.25) is 4.79 Å². The Morgan fingerprint density at radius 2 is 1.38 bits per heavy atom. The van der Waals surface area contributed by atoms with E-state index in [9.17, 15) is 4.79 Å². The molecule has 3 heteroatoms. The van der Waals surface area contributed by atoms with Crippen molar-refractivity contribution in [2.45, 2.75) is 12.5 Å². The van der Waals surface area contributed by atoms with Gasteiger partial charge in [0.1, 0.15) is 19.6 Å². The van der Waals surface area contributed by atoms with E-state index in [0.717, 1.165) is 16.7 Å². The molecule has 0 aliphatic rings. The van der Waals surface area contributed by atoms with E-state index in [2.05, 4.69) is 0 Å². The zero-order chi connectivity index (χ0) is 16.8. The van der Waals surface area contributed by atoms with Crippen LogP contribution in [0.3, 0.4) is 0 Å². The molecule has 0 aliphatic carbocycles. The van der Waals surface area contributed by atoms with E-state index < -0.39 is 5.92 Å². The summed E-state index contributed by atoms with van der Waals surface area (Å²) in [6.45, 7) is 0.274. The molecule has 0 N–H and O–H groups in total. The van der Waals surface area contributed by atoms with Gasteiger partial charge in [0, 0.05) is 17.7 Å². The van der Waals surface area contributed by atoms with Gasteiger partial charge in [0.2, 0.25) is 0 Å². The van der Waals surface area contributed by atoms with Crippen molar-refractivity contribution in [1.82, 2.24) is 0 Å². The van der Waals surface area contributed by atoms with Gasteiger partial charge in [0.15, 0.2) is 12.4 Å². The Morgan fingerprint density at radius 1 is 0.875 bits per heavy atom. The van der Waals surface area contributed by atoms with Crippen molar-refractivity contribution in [3.8, 4) is 0 Å². The summed E-state index contributed by atoms with van der Waals surface area (Å²) in [5.41, 5.74) is 2.85. The fourth-order valence-corrected chi connectivity index (χ4v) is 2.62. The molecule has 0 spiro atoms. The number of carbonyl (C=O) groups excluding carboxylic acids is 1. The molecular formula is C21H20NO2+. The summed E-state index contributed by atoms with van der Waals surface area (Å²) in [6, 6.07) is 23.4. The number of hydrogen-bond donors (Lipinski definition) is 0. The largest absolute Gasteiger partial charge is 0.460 e. The molecule has 0 radical (unpaired) electrons. The Hall–Kier alpha value is -2.94. The first kappa shape index (κ1) is 15.9. The molecule has 0 aliphatic heterocycles. The van der Waals surface area contributed by atoms with Crippen LogP contribution in [0, 0.1) is 0 Å². The Morgan fingerprint density at radius 3 is 1.88 bits per heavy atom. The average Bonchev–Trinajstić information content (AvgIpc) is 2.63. The van der Waals surface area contributed by atoms with Crippen molar-refractivity contribution < 1.29 is 14.1 Å². The van der Waals surface area contributed by atoms with Crippen LogP contribution in [0.1, 0.15) is 22.6 Å². The first-order chi connectivity index (χ1) is 11.7. The molecule has 0 saturated heterocycles. The van der Waals surface area contributed by atoms with Gasteiger partial charge in [0.05, 0.1) is 0 Å². The van der Waals surface area contributed by atoms with E-state index in [4.69, 9.17) is 4.74 Å². The van der Waals surface area contributed by atoms with Crippen molar-refractivity contribution >= 4 is 5.97 Å². The summed E-state index contributed by atoms with van der Waals surface area (Å²) in [6.07, 6.45) is 3.88. The van der Waals surface area contributed by atoms with Crippen LogP contribution in [0.25, 0.3) is 0 Å². The third-order valence-corrected chi connectivity index (χ3v) is 3.93. The monoisotopic (exact) mass is 318 g/mol. The molecule has 3 nitrogen and oxygen atoms in total. The molecule has 3 aromatic rings. The number of nitrogens with zero attached hydrogens (tertiary/aromatic N) is 1. The molecule has 120 valence electrons. The highest BCUT2D eigenvalue weighted by molar-refractivity contribution is 5.82. The molecule has 0 saturated carbocycles. The van der Waals surface area contributed by atoms with Gasteiger partial charge in [0.25, 0.3) is 0 Å². The highest BCUT2D eigenvalue weighted by atomic mass is 16.5. The minimum absolute atomic E-state index is 0.236. The van der Waals surface area contributed by atoms with Crippen molar-refractivity contribution in [3.05, 3.63) is 102 Å². The molecule has 2 aromatic carbocycles. The quantitative estimate of drug-likeness (QED) is 0.533. The standard InChI is InChI=1S/C21H20NO2/c1-22-14-12-17(13-15-22)16-24-21(23)20(18-8-4-2-5-9-18)19-10-6-3-7-11-19/h2-15,20H,16H2,1H3/q+1. The minimum atomic E-state index is -0.410. The second-order valence-electron chi connectivity index (χ2n) is 5.73. The Balaban J connectivity index is 1.80. The molecule has 0 atom stereocenters. The second-order valence-corrected chi connectivity index (χ2v) is 5.73. The van der Waals surface area contributed by atoms with Gasteiger partial charge in [-0.25, -0.2) is 4.57 Å². The second kappa shape index (κ2) is 7.55. The number of hydrogen-bond acceptors (Lipinski definition) is 2. The number of pyridine rings is 1. The first-order valence-corrected chi connectivity index (χ1v) is 7.95. The maximum Gasteiger partial charge on any atom is 0.318 e. The van der Waals surface area contributed by atoms with Crippen LogP contribution in [0.2, 0.25) is 0 Å². The van der Waals surface area contributed by atoms with Gasteiger partial charge >= 0.3 is 5.97 Å². The average molecular weight is 318 g/mol. The zero-order valence-electron chi connectivity index (χ0n) is 13.6. The molecule has 1 heterocycles. The molecule has 0 fully saturated rings. The smallest absolute Gasteiger partial charge is 0.318 e. The Bertz CT molecular complexity index is 744. The topological polar surface area (TPSA) is 30.2 Å². The predicted octanol–water partition coefficient (Wildman–Crippen LogP) is 3.39.